The van der Waals surface area contributed by atoms with Gasteiger partial charge in [-0.1, -0.05) is 11.8 Å². The molecule has 188 valence electrons. The van der Waals surface area contributed by atoms with Crippen LogP contribution in [0.3, 0.4) is 0 Å². The molecule has 0 saturated carbocycles. The minimum absolute atomic E-state index is 0.0487. The molecule has 0 N–H and O–H groups in total. The van der Waals surface area contributed by atoms with Gasteiger partial charge in [0.15, 0.2) is 0 Å². The molecule has 1 aliphatic rings. The molecule has 37 heavy (non-hydrogen) atoms. The Hall–Kier alpha value is -4.50. The summed E-state index contributed by atoms with van der Waals surface area (Å²) in [6, 6.07) is 3.76. The van der Waals surface area contributed by atoms with E-state index in [-0.39, 0.29) is 12.6 Å². The molecule has 1 atom stereocenters. The van der Waals surface area contributed by atoms with Crippen molar-refractivity contribution in [2.75, 3.05) is 49.3 Å². The van der Waals surface area contributed by atoms with Crippen molar-refractivity contribution in [3.8, 4) is 23.1 Å². The standard InChI is InChI=1S/C25H25FN10O/c1-34-14-21(13-33-34)23-5-4-19(10-28-23)2-3-20-11-29-24(30-12-20)35-7-8-36(25-31-17-27-18-32-25)22(15-35)16-37-9-6-26/h4-5,10-14,17-18,22H,6-9,15-16H2,1H3/t22-/m1/s1. The van der Waals surface area contributed by atoms with Crippen molar-refractivity contribution in [1.29, 1.82) is 0 Å². The van der Waals surface area contributed by atoms with Crippen LogP contribution in [0.5, 0.6) is 0 Å². The quantitative estimate of drug-likeness (QED) is 0.274. The zero-order chi connectivity index (χ0) is 25.5. The molecule has 0 unspecified atom stereocenters. The summed E-state index contributed by atoms with van der Waals surface area (Å²) in [4.78, 5) is 30.0. The summed E-state index contributed by atoms with van der Waals surface area (Å²) in [5.74, 6) is 7.36. The van der Waals surface area contributed by atoms with Crippen molar-refractivity contribution in [2.45, 2.75) is 6.04 Å². The van der Waals surface area contributed by atoms with Crippen molar-refractivity contribution < 1.29 is 9.13 Å². The fourth-order valence-corrected chi connectivity index (χ4v) is 3.98. The minimum Gasteiger partial charge on any atom is -0.377 e. The highest BCUT2D eigenvalue weighted by Gasteiger charge is 2.30. The first kappa shape index (κ1) is 24.2. The first-order valence-corrected chi connectivity index (χ1v) is 11.8. The summed E-state index contributed by atoms with van der Waals surface area (Å²) < 4.78 is 19.8. The fourth-order valence-electron chi connectivity index (χ4n) is 3.98. The fraction of sp³-hybridized carbons (Fsp3) is 0.320. The highest BCUT2D eigenvalue weighted by Crippen LogP contribution is 2.19. The molecule has 0 bridgehead atoms. The van der Waals surface area contributed by atoms with E-state index < -0.39 is 6.67 Å². The lowest BCUT2D eigenvalue weighted by atomic mass is 10.2. The van der Waals surface area contributed by atoms with Gasteiger partial charge in [-0.3, -0.25) is 9.67 Å². The predicted molar refractivity (Wildman–Crippen MR) is 134 cm³/mol. The monoisotopic (exact) mass is 500 g/mol. The summed E-state index contributed by atoms with van der Waals surface area (Å²) in [6.07, 6.45) is 11.8. The van der Waals surface area contributed by atoms with Crippen LogP contribution in [0.4, 0.5) is 16.3 Å². The molecule has 1 aliphatic heterocycles. The van der Waals surface area contributed by atoms with Crippen LogP contribution < -0.4 is 9.80 Å². The van der Waals surface area contributed by atoms with E-state index in [1.54, 1.807) is 29.5 Å². The number of aromatic nitrogens is 8. The van der Waals surface area contributed by atoms with Crippen molar-refractivity contribution >= 4 is 11.9 Å². The van der Waals surface area contributed by atoms with E-state index in [0.29, 0.717) is 43.7 Å². The predicted octanol–water partition coefficient (Wildman–Crippen LogP) is 1.54. The molecule has 0 aromatic carbocycles. The molecule has 12 heteroatoms. The molecule has 11 nitrogen and oxygen atoms in total. The van der Waals surface area contributed by atoms with Gasteiger partial charge in [0, 0.05) is 62.6 Å². The summed E-state index contributed by atoms with van der Waals surface area (Å²) in [5, 5.41) is 4.17. The molecule has 5 heterocycles. The van der Waals surface area contributed by atoms with E-state index in [1.165, 1.54) is 12.7 Å². The number of alkyl halides is 1. The van der Waals surface area contributed by atoms with Crippen LogP contribution in [-0.4, -0.2) is 85.2 Å². The average Bonchev–Trinajstić information content (AvgIpc) is 3.39. The topological polar surface area (TPSA) is 111 Å². The number of nitrogens with zero attached hydrogens (tertiary/aromatic N) is 10. The van der Waals surface area contributed by atoms with Crippen LogP contribution in [0, 0.1) is 11.8 Å². The Bertz CT molecular complexity index is 1350. The summed E-state index contributed by atoms with van der Waals surface area (Å²) in [7, 11) is 1.87. The highest BCUT2D eigenvalue weighted by atomic mass is 19.1. The van der Waals surface area contributed by atoms with Gasteiger partial charge in [0.2, 0.25) is 11.9 Å². The van der Waals surface area contributed by atoms with Gasteiger partial charge < -0.3 is 14.5 Å². The molecule has 1 fully saturated rings. The van der Waals surface area contributed by atoms with Gasteiger partial charge >= 0.3 is 0 Å². The van der Waals surface area contributed by atoms with Crippen LogP contribution in [0.25, 0.3) is 11.3 Å². The van der Waals surface area contributed by atoms with Crippen LogP contribution in [0.2, 0.25) is 0 Å². The maximum absolute atomic E-state index is 12.6. The van der Waals surface area contributed by atoms with Crippen molar-refractivity contribution in [1.82, 2.24) is 39.7 Å². The normalized spacial score (nSPS) is 15.4. The molecule has 4 aromatic heterocycles. The van der Waals surface area contributed by atoms with Gasteiger partial charge in [-0.15, -0.1) is 0 Å². The summed E-state index contributed by atoms with van der Waals surface area (Å²) >= 11 is 0. The number of ether oxygens (including phenoxy) is 1. The lowest BCUT2D eigenvalue weighted by Crippen LogP contribution is -2.56. The molecule has 0 radical (unpaired) electrons. The van der Waals surface area contributed by atoms with E-state index in [9.17, 15) is 4.39 Å². The number of hydrogen-bond donors (Lipinski definition) is 0. The minimum atomic E-state index is -0.529. The van der Waals surface area contributed by atoms with Crippen molar-refractivity contribution in [3.63, 3.8) is 0 Å². The Morgan fingerprint density at radius 1 is 0.946 bits per heavy atom. The Kier molecular flexibility index (Phi) is 7.52. The van der Waals surface area contributed by atoms with Gasteiger partial charge in [-0.05, 0) is 12.1 Å². The second-order valence-corrected chi connectivity index (χ2v) is 8.35. The lowest BCUT2D eigenvalue weighted by Gasteiger charge is -2.41. The first-order chi connectivity index (χ1) is 18.2. The number of anilines is 2. The number of aryl methyl sites for hydroxylation is 1. The Balaban J connectivity index is 1.24. The largest absolute Gasteiger partial charge is 0.377 e. The molecular weight excluding hydrogens is 475 g/mol. The number of pyridine rings is 1. The van der Waals surface area contributed by atoms with E-state index in [1.807, 2.05) is 30.3 Å². The molecule has 0 spiro atoms. The zero-order valence-corrected chi connectivity index (χ0v) is 20.3. The van der Waals surface area contributed by atoms with Gasteiger partial charge in [-0.2, -0.15) is 5.10 Å². The second kappa shape index (κ2) is 11.5. The highest BCUT2D eigenvalue weighted by molar-refractivity contribution is 5.57. The van der Waals surface area contributed by atoms with E-state index in [4.69, 9.17) is 4.74 Å². The number of halogens is 1. The van der Waals surface area contributed by atoms with Gasteiger partial charge in [0.05, 0.1) is 36.7 Å². The maximum atomic E-state index is 12.6. The molecule has 1 saturated heterocycles. The third-order valence-electron chi connectivity index (χ3n) is 5.79. The number of hydrogen-bond acceptors (Lipinski definition) is 10. The Morgan fingerprint density at radius 2 is 1.73 bits per heavy atom. The summed E-state index contributed by atoms with van der Waals surface area (Å²) in [6.45, 7) is 1.75. The number of piperazine rings is 1. The molecule has 0 amide bonds. The number of rotatable bonds is 7. The molecular formula is C25H25FN10O. The average molecular weight is 501 g/mol. The molecule has 5 rings (SSSR count). The van der Waals surface area contributed by atoms with E-state index in [2.05, 4.69) is 51.7 Å². The van der Waals surface area contributed by atoms with Crippen LogP contribution >= 0.6 is 0 Å². The first-order valence-electron chi connectivity index (χ1n) is 11.8. The Labute approximate surface area is 213 Å². The zero-order valence-electron chi connectivity index (χ0n) is 20.3. The van der Waals surface area contributed by atoms with Gasteiger partial charge in [-0.25, -0.2) is 29.3 Å². The lowest BCUT2D eigenvalue weighted by molar-refractivity contribution is 0.104. The smallest absolute Gasteiger partial charge is 0.228 e. The van der Waals surface area contributed by atoms with Gasteiger partial charge in [0.1, 0.15) is 19.3 Å². The Morgan fingerprint density at radius 3 is 2.43 bits per heavy atom. The van der Waals surface area contributed by atoms with E-state index >= 15 is 0 Å². The van der Waals surface area contributed by atoms with Crippen molar-refractivity contribution in [3.05, 3.63) is 66.9 Å². The van der Waals surface area contributed by atoms with Gasteiger partial charge in [0.25, 0.3) is 0 Å². The summed E-state index contributed by atoms with van der Waals surface area (Å²) in [5.41, 5.74) is 3.29. The molecule has 0 aliphatic carbocycles. The maximum Gasteiger partial charge on any atom is 0.228 e. The third-order valence-corrected chi connectivity index (χ3v) is 5.79. The van der Waals surface area contributed by atoms with Crippen LogP contribution in [0.15, 0.2) is 55.8 Å². The van der Waals surface area contributed by atoms with Crippen LogP contribution in [-0.2, 0) is 11.8 Å². The van der Waals surface area contributed by atoms with Crippen LogP contribution in [0.1, 0.15) is 11.1 Å². The second-order valence-electron chi connectivity index (χ2n) is 8.35. The van der Waals surface area contributed by atoms with E-state index in [0.717, 1.165) is 16.8 Å². The molecule has 4 aromatic rings. The SMILES string of the molecule is Cn1cc(-c2ccc(C#Cc3cnc(N4CCN(c5ncncn5)[C@@H](COCCF)C4)nc3)cn2)cn1. The van der Waals surface area contributed by atoms with Crippen molar-refractivity contribution in [2.24, 2.45) is 7.05 Å². The third kappa shape index (κ3) is 6.02.